The molecular formula is C14H16BrNO5S. The Labute approximate surface area is 137 Å². The van der Waals surface area contributed by atoms with E-state index in [1.54, 1.807) is 11.0 Å². The number of aliphatic carboxylic acids is 1. The molecule has 1 aromatic rings. The Kier molecular flexibility index (Phi) is 4.91. The highest BCUT2D eigenvalue weighted by molar-refractivity contribution is 9.10. The summed E-state index contributed by atoms with van der Waals surface area (Å²) in [6.45, 7) is 0.722. The molecule has 22 heavy (non-hydrogen) atoms. The molecule has 0 spiro atoms. The Balaban J connectivity index is 2.19. The maximum Gasteiger partial charge on any atom is 0.306 e. The molecule has 8 heteroatoms. The van der Waals surface area contributed by atoms with E-state index in [0.29, 0.717) is 30.4 Å². The monoisotopic (exact) mass is 389 g/mol. The zero-order valence-corrected chi connectivity index (χ0v) is 14.4. The van der Waals surface area contributed by atoms with E-state index in [2.05, 4.69) is 15.9 Å². The van der Waals surface area contributed by atoms with Crippen molar-refractivity contribution >= 4 is 37.6 Å². The number of amides is 1. The lowest BCUT2D eigenvalue weighted by Crippen LogP contribution is -2.40. The first-order valence-corrected chi connectivity index (χ1v) is 9.40. The third kappa shape index (κ3) is 3.67. The predicted molar refractivity (Wildman–Crippen MR) is 83.5 cm³/mol. The number of sulfone groups is 1. The fraction of sp³-hybridized carbons (Fsp3) is 0.429. The highest BCUT2D eigenvalue weighted by Gasteiger charge is 2.28. The number of piperidine rings is 1. The molecule has 0 saturated carbocycles. The van der Waals surface area contributed by atoms with Gasteiger partial charge in [-0.3, -0.25) is 9.59 Å². The first-order valence-electron chi connectivity index (χ1n) is 6.72. The molecule has 1 fully saturated rings. The van der Waals surface area contributed by atoms with E-state index < -0.39 is 21.7 Å². The summed E-state index contributed by atoms with van der Waals surface area (Å²) in [5.74, 6) is -1.53. The van der Waals surface area contributed by atoms with Crippen LogP contribution in [0.2, 0.25) is 0 Å². The van der Waals surface area contributed by atoms with E-state index in [9.17, 15) is 18.0 Å². The van der Waals surface area contributed by atoms with Crippen molar-refractivity contribution in [1.82, 2.24) is 4.90 Å². The number of carbonyl (C=O) groups excluding carboxylic acids is 1. The van der Waals surface area contributed by atoms with Gasteiger partial charge in [0.05, 0.1) is 10.8 Å². The maximum atomic E-state index is 12.4. The molecule has 1 aliphatic rings. The largest absolute Gasteiger partial charge is 0.481 e. The van der Waals surface area contributed by atoms with Crippen LogP contribution in [0.5, 0.6) is 0 Å². The second-order valence-electron chi connectivity index (χ2n) is 5.32. The molecule has 0 aliphatic carbocycles. The number of likely N-dealkylation sites (tertiary alicyclic amines) is 1. The standard InChI is InChI=1S/C14H16BrNO5S/c1-22(20,21)12-8-10(2-3-11(12)15)13(17)16-6-4-9(5-7-16)14(18)19/h2-3,8-9H,4-7H2,1H3,(H,18,19). The van der Waals surface area contributed by atoms with Crippen LogP contribution < -0.4 is 0 Å². The maximum absolute atomic E-state index is 12.4. The summed E-state index contributed by atoms with van der Waals surface area (Å²) in [5.41, 5.74) is 0.289. The van der Waals surface area contributed by atoms with Crippen LogP contribution in [0.25, 0.3) is 0 Å². The number of hydrogen-bond donors (Lipinski definition) is 1. The summed E-state index contributed by atoms with van der Waals surface area (Å²) in [6, 6.07) is 4.45. The molecule has 6 nitrogen and oxygen atoms in total. The second kappa shape index (κ2) is 6.37. The zero-order valence-electron chi connectivity index (χ0n) is 12.0. The molecule has 1 N–H and O–H groups in total. The van der Waals surface area contributed by atoms with E-state index in [0.717, 1.165) is 6.26 Å². The fourth-order valence-corrected chi connectivity index (χ4v) is 4.32. The van der Waals surface area contributed by atoms with Crippen molar-refractivity contribution in [1.29, 1.82) is 0 Å². The van der Waals surface area contributed by atoms with Gasteiger partial charge < -0.3 is 10.0 Å². The molecule has 2 rings (SSSR count). The number of nitrogens with zero attached hydrogens (tertiary/aromatic N) is 1. The minimum atomic E-state index is -3.44. The van der Waals surface area contributed by atoms with E-state index >= 15 is 0 Å². The molecule has 120 valence electrons. The lowest BCUT2D eigenvalue weighted by Gasteiger charge is -2.30. The third-order valence-electron chi connectivity index (χ3n) is 3.71. The van der Waals surface area contributed by atoms with Crippen LogP contribution in [0.15, 0.2) is 27.6 Å². The highest BCUT2D eigenvalue weighted by Crippen LogP contribution is 2.25. The lowest BCUT2D eigenvalue weighted by molar-refractivity contribution is -0.143. The van der Waals surface area contributed by atoms with Gasteiger partial charge in [-0.25, -0.2) is 8.42 Å². The predicted octanol–water partition coefficient (Wildman–Crippen LogP) is 1.79. The highest BCUT2D eigenvalue weighted by atomic mass is 79.9. The van der Waals surface area contributed by atoms with Crippen LogP contribution in [0.3, 0.4) is 0 Å². The van der Waals surface area contributed by atoms with Crippen molar-refractivity contribution in [2.75, 3.05) is 19.3 Å². The number of rotatable bonds is 3. The van der Waals surface area contributed by atoms with Gasteiger partial charge in [0, 0.05) is 29.4 Å². The van der Waals surface area contributed by atoms with Gasteiger partial charge in [-0.05, 0) is 47.0 Å². The Morgan fingerprint density at radius 3 is 2.36 bits per heavy atom. The Hall–Kier alpha value is -1.41. The quantitative estimate of drug-likeness (QED) is 0.850. The number of carbonyl (C=O) groups is 2. The Morgan fingerprint density at radius 1 is 1.27 bits per heavy atom. The lowest BCUT2D eigenvalue weighted by atomic mass is 9.96. The van der Waals surface area contributed by atoms with Crippen LogP contribution >= 0.6 is 15.9 Å². The van der Waals surface area contributed by atoms with Crippen LogP contribution in [-0.4, -0.2) is 49.6 Å². The fourth-order valence-electron chi connectivity index (χ4n) is 2.43. The number of benzene rings is 1. The van der Waals surface area contributed by atoms with Gasteiger partial charge in [-0.1, -0.05) is 0 Å². The number of hydrogen-bond acceptors (Lipinski definition) is 4. The summed E-state index contributed by atoms with van der Waals surface area (Å²) in [6.07, 6.45) is 1.91. The topological polar surface area (TPSA) is 91.8 Å². The van der Waals surface area contributed by atoms with Gasteiger partial charge >= 0.3 is 5.97 Å². The summed E-state index contributed by atoms with van der Waals surface area (Å²) >= 11 is 3.17. The average molecular weight is 390 g/mol. The molecule has 1 aliphatic heterocycles. The first kappa shape index (κ1) is 17.0. The number of halogens is 1. The molecular weight excluding hydrogens is 374 g/mol. The summed E-state index contributed by atoms with van der Waals surface area (Å²) < 4.78 is 23.8. The smallest absolute Gasteiger partial charge is 0.306 e. The van der Waals surface area contributed by atoms with Gasteiger partial charge in [0.15, 0.2) is 9.84 Å². The van der Waals surface area contributed by atoms with Crippen LogP contribution in [-0.2, 0) is 14.6 Å². The SMILES string of the molecule is CS(=O)(=O)c1cc(C(=O)N2CCC(C(=O)O)CC2)ccc1Br. The molecule has 1 heterocycles. The van der Waals surface area contributed by atoms with Crippen LogP contribution in [0, 0.1) is 5.92 Å². The summed E-state index contributed by atoms with van der Waals surface area (Å²) in [4.78, 5) is 25.0. The van der Waals surface area contributed by atoms with Crippen molar-refractivity contribution in [2.24, 2.45) is 5.92 Å². The molecule has 0 radical (unpaired) electrons. The van der Waals surface area contributed by atoms with Crippen molar-refractivity contribution in [3.63, 3.8) is 0 Å². The van der Waals surface area contributed by atoms with Crippen molar-refractivity contribution in [3.05, 3.63) is 28.2 Å². The molecule has 1 aromatic carbocycles. The van der Waals surface area contributed by atoms with E-state index in [1.165, 1.54) is 12.1 Å². The van der Waals surface area contributed by atoms with Crippen molar-refractivity contribution in [3.8, 4) is 0 Å². The van der Waals surface area contributed by atoms with Crippen molar-refractivity contribution < 1.29 is 23.1 Å². The van der Waals surface area contributed by atoms with E-state index in [-0.39, 0.29) is 16.4 Å². The van der Waals surface area contributed by atoms with Crippen molar-refractivity contribution in [2.45, 2.75) is 17.7 Å². The Morgan fingerprint density at radius 2 is 1.86 bits per heavy atom. The number of carboxylic acid groups (broad SMARTS) is 1. The van der Waals surface area contributed by atoms with Gasteiger partial charge in [0.2, 0.25) is 0 Å². The zero-order chi connectivity index (χ0) is 16.5. The molecule has 1 amide bonds. The Bertz CT molecular complexity index is 708. The molecule has 0 aromatic heterocycles. The summed E-state index contributed by atoms with van der Waals surface area (Å²) in [5, 5.41) is 8.96. The molecule has 1 saturated heterocycles. The van der Waals surface area contributed by atoms with Gasteiger partial charge in [-0.2, -0.15) is 0 Å². The van der Waals surface area contributed by atoms with Crippen LogP contribution in [0.1, 0.15) is 23.2 Å². The normalized spacial score (nSPS) is 16.5. The molecule has 0 bridgehead atoms. The molecule has 0 atom stereocenters. The van der Waals surface area contributed by atoms with E-state index in [4.69, 9.17) is 5.11 Å². The average Bonchev–Trinajstić information content (AvgIpc) is 2.46. The number of carboxylic acids is 1. The van der Waals surface area contributed by atoms with Gasteiger partial charge in [0.25, 0.3) is 5.91 Å². The minimum absolute atomic E-state index is 0.0683. The third-order valence-corrected chi connectivity index (χ3v) is 5.80. The van der Waals surface area contributed by atoms with Gasteiger partial charge in [-0.15, -0.1) is 0 Å². The first-order chi connectivity index (χ1) is 10.2. The molecule has 0 unspecified atom stereocenters. The minimum Gasteiger partial charge on any atom is -0.481 e. The second-order valence-corrected chi connectivity index (χ2v) is 8.16. The van der Waals surface area contributed by atoms with E-state index in [1.807, 2.05) is 0 Å². The van der Waals surface area contributed by atoms with Crippen LogP contribution in [0.4, 0.5) is 0 Å². The summed E-state index contributed by atoms with van der Waals surface area (Å²) in [7, 11) is -3.44. The van der Waals surface area contributed by atoms with Gasteiger partial charge in [0.1, 0.15) is 0 Å².